The van der Waals surface area contributed by atoms with Crippen LogP contribution in [0.3, 0.4) is 0 Å². The highest BCUT2D eigenvalue weighted by molar-refractivity contribution is 5.97. The Morgan fingerprint density at radius 2 is 1.77 bits per heavy atom. The molecule has 1 fully saturated rings. The summed E-state index contributed by atoms with van der Waals surface area (Å²) in [6.45, 7) is 7.09. The van der Waals surface area contributed by atoms with Gasteiger partial charge in [0.2, 0.25) is 0 Å². The van der Waals surface area contributed by atoms with Crippen molar-refractivity contribution < 1.29 is 19.2 Å². The van der Waals surface area contributed by atoms with Gasteiger partial charge in [-0.25, -0.2) is 0 Å². The van der Waals surface area contributed by atoms with Crippen LogP contribution in [-0.4, -0.2) is 50.7 Å². The lowest BCUT2D eigenvalue weighted by molar-refractivity contribution is -0.917. The summed E-state index contributed by atoms with van der Waals surface area (Å²) in [4.78, 5) is 16.2. The lowest BCUT2D eigenvalue weighted by Crippen LogP contribution is -3.13. The van der Waals surface area contributed by atoms with Crippen molar-refractivity contribution in [2.75, 3.05) is 39.9 Å². The number of nitrogens with zero attached hydrogens (tertiary/aromatic N) is 1. The molecule has 2 aromatic carbocycles. The Morgan fingerprint density at radius 3 is 2.42 bits per heavy atom. The summed E-state index contributed by atoms with van der Waals surface area (Å²) >= 11 is 0. The predicted molar refractivity (Wildman–Crippen MR) is 101 cm³/mol. The summed E-state index contributed by atoms with van der Waals surface area (Å²) < 4.78 is 10.8. The molecule has 0 saturated carbocycles. The number of amides is 1. The molecule has 0 radical (unpaired) electrons. The van der Waals surface area contributed by atoms with E-state index in [9.17, 15) is 4.79 Å². The second kappa shape index (κ2) is 8.72. The van der Waals surface area contributed by atoms with Crippen LogP contribution >= 0.6 is 0 Å². The zero-order chi connectivity index (χ0) is 18.4. The van der Waals surface area contributed by atoms with Crippen LogP contribution in [0.25, 0.3) is 0 Å². The van der Waals surface area contributed by atoms with E-state index in [4.69, 9.17) is 9.47 Å². The molecule has 1 aliphatic rings. The van der Waals surface area contributed by atoms with E-state index in [0.717, 1.165) is 38.5 Å². The first-order valence-electron chi connectivity index (χ1n) is 9.19. The number of carbonyl (C=O) groups is 1. The zero-order valence-electron chi connectivity index (χ0n) is 15.5. The van der Waals surface area contributed by atoms with Crippen molar-refractivity contribution in [3.05, 3.63) is 59.7 Å². The Morgan fingerprint density at radius 1 is 1.08 bits per heavy atom. The number of carbonyl (C=O) groups excluding carboxylic acids is 1. The first kappa shape index (κ1) is 18.3. The summed E-state index contributed by atoms with van der Waals surface area (Å²) in [7, 11) is 1.60. The van der Waals surface area contributed by atoms with Crippen LogP contribution < -0.4 is 14.4 Å². The molecule has 0 aromatic heterocycles. The number of piperazine rings is 1. The number of hydrogen-bond acceptors (Lipinski definition) is 3. The van der Waals surface area contributed by atoms with Gasteiger partial charge in [-0.2, -0.15) is 0 Å². The number of benzene rings is 2. The van der Waals surface area contributed by atoms with E-state index in [1.807, 2.05) is 48.2 Å². The molecule has 0 unspecified atom stereocenters. The molecule has 0 bridgehead atoms. The highest BCUT2D eigenvalue weighted by atomic mass is 16.5. The molecule has 5 heteroatoms. The second-order valence-corrected chi connectivity index (χ2v) is 6.50. The normalized spacial score (nSPS) is 14.9. The Kier molecular flexibility index (Phi) is 6.12. The molecule has 5 nitrogen and oxygen atoms in total. The van der Waals surface area contributed by atoms with Crippen molar-refractivity contribution in [3.63, 3.8) is 0 Å². The van der Waals surface area contributed by atoms with E-state index in [-0.39, 0.29) is 5.91 Å². The minimum absolute atomic E-state index is 0.0579. The Labute approximate surface area is 155 Å². The van der Waals surface area contributed by atoms with Crippen LogP contribution in [0.15, 0.2) is 48.5 Å². The quantitative estimate of drug-likeness (QED) is 0.857. The van der Waals surface area contributed by atoms with Crippen molar-refractivity contribution in [1.82, 2.24) is 4.90 Å². The molecule has 1 heterocycles. The standard InChI is InChI=1S/C21H26N2O3/c1-3-26-18-10-8-17(9-11-18)16-22-12-14-23(15-13-22)21(24)19-6-4-5-7-20(19)25-2/h4-11H,3,12-16H2,1-2H3/p+1. The fraction of sp³-hybridized carbons (Fsp3) is 0.381. The molecule has 1 amide bonds. The molecule has 2 aromatic rings. The summed E-state index contributed by atoms with van der Waals surface area (Å²) in [5.74, 6) is 1.61. The lowest BCUT2D eigenvalue weighted by Gasteiger charge is -2.32. The Hall–Kier alpha value is -2.53. The minimum atomic E-state index is 0.0579. The fourth-order valence-corrected chi connectivity index (χ4v) is 3.35. The molecule has 1 aliphatic heterocycles. The van der Waals surface area contributed by atoms with E-state index in [0.29, 0.717) is 17.9 Å². The third kappa shape index (κ3) is 4.35. The number of nitrogens with one attached hydrogen (secondary N) is 1. The lowest BCUT2D eigenvalue weighted by atomic mass is 10.1. The van der Waals surface area contributed by atoms with Crippen LogP contribution in [0.4, 0.5) is 0 Å². The van der Waals surface area contributed by atoms with Crippen LogP contribution in [0, 0.1) is 0 Å². The monoisotopic (exact) mass is 355 g/mol. The molecule has 1 N–H and O–H groups in total. The van der Waals surface area contributed by atoms with Gasteiger partial charge in [0.1, 0.15) is 18.0 Å². The first-order chi connectivity index (χ1) is 12.7. The van der Waals surface area contributed by atoms with Gasteiger partial charge >= 0.3 is 0 Å². The fourth-order valence-electron chi connectivity index (χ4n) is 3.35. The third-order valence-electron chi connectivity index (χ3n) is 4.78. The van der Waals surface area contributed by atoms with Crippen molar-refractivity contribution in [2.45, 2.75) is 13.5 Å². The van der Waals surface area contributed by atoms with Gasteiger partial charge in [-0.3, -0.25) is 4.79 Å². The van der Waals surface area contributed by atoms with Crippen LogP contribution in [-0.2, 0) is 6.54 Å². The number of ether oxygens (including phenoxy) is 2. The highest BCUT2D eigenvalue weighted by Gasteiger charge is 2.26. The van der Waals surface area contributed by atoms with Gasteiger partial charge in [0.25, 0.3) is 5.91 Å². The maximum absolute atomic E-state index is 12.8. The van der Waals surface area contributed by atoms with Gasteiger partial charge in [0.15, 0.2) is 0 Å². The molecule has 0 aliphatic carbocycles. The van der Waals surface area contributed by atoms with Gasteiger partial charge < -0.3 is 19.3 Å². The summed E-state index contributed by atoms with van der Waals surface area (Å²) in [5.41, 5.74) is 1.94. The topological polar surface area (TPSA) is 43.2 Å². The average molecular weight is 355 g/mol. The largest absolute Gasteiger partial charge is 0.496 e. The molecular formula is C21H27N2O3+. The number of rotatable bonds is 6. The molecule has 138 valence electrons. The summed E-state index contributed by atoms with van der Waals surface area (Å²) in [6.07, 6.45) is 0. The second-order valence-electron chi connectivity index (χ2n) is 6.50. The highest BCUT2D eigenvalue weighted by Crippen LogP contribution is 2.19. The molecule has 0 spiro atoms. The molecule has 3 rings (SSSR count). The molecular weight excluding hydrogens is 328 g/mol. The predicted octanol–water partition coefficient (Wildman–Crippen LogP) is 1.63. The maximum atomic E-state index is 12.8. The van der Waals surface area contributed by atoms with Gasteiger partial charge in [0.05, 0.1) is 45.5 Å². The number of methoxy groups -OCH3 is 1. The van der Waals surface area contributed by atoms with Crippen LogP contribution in [0.5, 0.6) is 11.5 Å². The first-order valence-corrected chi connectivity index (χ1v) is 9.19. The number of hydrogen-bond donors (Lipinski definition) is 1. The average Bonchev–Trinajstić information content (AvgIpc) is 2.70. The molecule has 1 saturated heterocycles. The van der Waals surface area contributed by atoms with Crippen molar-refractivity contribution in [2.24, 2.45) is 0 Å². The van der Waals surface area contributed by atoms with Crippen molar-refractivity contribution in [1.29, 1.82) is 0 Å². The van der Waals surface area contributed by atoms with E-state index in [1.54, 1.807) is 7.11 Å². The van der Waals surface area contributed by atoms with Gasteiger partial charge in [-0.1, -0.05) is 12.1 Å². The van der Waals surface area contributed by atoms with Gasteiger partial charge in [0, 0.05) is 5.56 Å². The van der Waals surface area contributed by atoms with E-state index < -0.39 is 0 Å². The zero-order valence-corrected chi connectivity index (χ0v) is 15.5. The van der Waals surface area contributed by atoms with Gasteiger partial charge in [-0.15, -0.1) is 0 Å². The maximum Gasteiger partial charge on any atom is 0.258 e. The number of para-hydroxylation sites is 1. The van der Waals surface area contributed by atoms with Crippen LogP contribution in [0.1, 0.15) is 22.8 Å². The van der Waals surface area contributed by atoms with Crippen LogP contribution in [0.2, 0.25) is 0 Å². The molecule has 0 atom stereocenters. The number of quaternary nitrogens is 1. The SMILES string of the molecule is CCOc1ccc(C[NH+]2CCN(C(=O)c3ccccc3OC)CC2)cc1. The Bertz CT molecular complexity index is 722. The molecule has 26 heavy (non-hydrogen) atoms. The minimum Gasteiger partial charge on any atom is -0.496 e. The van der Waals surface area contributed by atoms with Crippen molar-refractivity contribution in [3.8, 4) is 11.5 Å². The Balaban J connectivity index is 1.54. The smallest absolute Gasteiger partial charge is 0.258 e. The van der Waals surface area contributed by atoms with E-state index in [1.165, 1.54) is 10.5 Å². The third-order valence-corrected chi connectivity index (χ3v) is 4.78. The summed E-state index contributed by atoms with van der Waals surface area (Å²) in [5, 5.41) is 0. The summed E-state index contributed by atoms with van der Waals surface area (Å²) in [6, 6.07) is 15.7. The van der Waals surface area contributed by atoms with Crippen molar-refractivity contribution >= 4 is 5.91 Å². The van der Waals surface area contributed by atoms with E-state index in [2.05, 4.69) is 12.1 Å². The van der Waals surface area contributed by atoms with E-state index >= 15 is 0 Å². The van der Waals surface area contributed by atoms with Gasteiger partial charge in [-0.05, 0) is 43.3 Å².